The standard InChI is InChI=1S/C21H27FN8O3/c1-28(21(31)30-11-14(22)12-30)15-6-16(7-15)33-18-8-17(13-9-24-19(23)25-10-13)26-20(27-18)29-2-4-32-5-3-29/h8-10,14-16H,2-7,11-12H2,1H3,(H2,23,24,25). The van der Waals surface area contributed by atoms with Crippen LogP contribution < -0.4 is 15.4 Å². The number of anilines is 2. The van der Waals surface area contributed by atoms with Crippen LogP contribution in [0.15, 0.2) is 18.5 Å². The van der Waals surface area contributed by atoms with E-state index in [2.05, 4.69) is 24.8 Å². The largest absolute Gasteiger partial charge is 0.474 e. The number of aromatic nitrogens is 4. The lowest BCUT2D eigenvalue weighted by molar-refractivity contribution is 0.0167. The van der Waals surface area contributed by atoms with Gasteiger partial charge in [0.15, 0.2) is 0 Å². The first-order chi connectivity index (χ1) is 16.0. The Morgan fingerprint density at radius 3 is 2.58 bits per heavy atom. The van der Waals surface area contributed by atoms with E-state index in [1.807, 2.05) is 0 Å². The van der Waals surface area contributed by atoms with Crippen molar-refractivity contribution in [1.29, 1.82) is 0 Å². The minimum absolute atomic E-state index is 0.0617. The predicted octanol–water partition coefficient (Wildman–Crippen LogP) is 0.968. The second-order valence-electron chi connectivity index (χ2n) is 8.58. The number of halogens is 1. The Morgan fingerprint density at radius 1 is 1.21 bits per heavy atom. The molecule has 12 heteroatoms. The van der Waals surface area contributed by atoms with Crippen LogP contribution in [0.4, 0.5) is 21.1 Å². The Morgan fingerprint density at radius 2 is 1.91 bits per heavy atom. The number of urea groups is 1. The molecular formula is C21H27FN8O3. The third-order valence-electron chi connectivity index (χ3n) is 6.27. The number of hydrogen-bond acceptors (Lipinski definition) is 9. The van der Waals surface area contributed by atoms with Crippen LogP contribution in [0.2, 0.25) is 0 Å². The molecule has 3 aliphatic rings. The molecule has 2 aliphatic heterocycles. The number of ether oxygens (including phenoxy) is 2. The summed E-state index contributed by atoms with van der Waals surface area (Å²) >= 11 is 0. The third kappa shape index (κ3) is 4.61. The van der Waals surface area contributed by atoms with E-state index < -0.39 is 6.17 Å². The lowest BCUT2D eigenvalue weighted by atomic mass is 9.88. The molecule has 2 saturated heterocycles. The van der Waals surface area contributed by atoms with Crippen LogP contribution in [-0.2, 0) is 4.74 Å². The quantitative estimate of drug-likeness (QED) is 0.698. The van der Waals surface area contributed by atoms with Gasteiger partial charge in [0.1, 0.15) is 12.3 Å². The number of alkyl halides is 1. The molecule has 2 N–H and O–H groups in total. The number of carbonyl (C=O) groups is 1. The molecule has 0 spiro atoms. The van der Waals surface area contributed by atoms with E-state index in [0.717, 1.165) is 0 Å². The first-order valence-corrected chi connectivity index (χ1v) is 11.1. The zero-order valence-electron chi connectivity index (χ0n) is 18.4. The summed E-state index contributed by atoms with van der Waals surface area (Å²) < 4.78 is 24.7. The van der Waals surface area contributed by atoms with Gasteiger partial charge in [-0.05, 0) is 0 Å². The van der Waals surface area contributed by atoms with Gasteiger partial charge in [-0.25, -0.2) is 24.1 Å². The average molecular weight is 458 g/mol. The number of rotatable bonds is 5. The van der Waals surface area contributed by atoms with Gasteiger partial charge in [0.2, 0.25) is 17.8 Å². The molecule has 5 rings (SSSR count). The van der Waals surface area contributed by atoms with Crippen molar-refractivity contribution in [3.8, 4) is 17.1 Å². The Labute approximate surface area is 190 Å². The van der Waals surface area contributed by atoms with Crippen LogP contribution in [-0.4, -0.2) is 101 Å². The number of morpholine rings is 1. The molecule has 4 heterocycles. The van der Waals surface area contributed by atoms with E-state index in [1.54, 1.807) is 30.4 Å². The van der Waals surface area contributed by atoms with Gasteiger partial charge in [0, 0.05) is 63.0 Å². The van der Waals surface area contributed by atoms with Crippen LogP contribution in [0.3, 0.4) is 0 Å². The molecule has 2 amide bonds. The molecule has 2 aromatic heterocycles. The SMILES string of the molecule is CN(C(=O)N1CC(F)C1)C1CC(Oc2cc(-c3cnc(N)nc3)nc(N3CCOCC3)n2)C1. The molecule has 3 fully saturated rings. The molecule has 1 aliphatic carbocycles. The third-order valence-corrected chi connectivity index (χ3v) is 6.27. The molecule has 11 nitrogen and oxygen atoms in total. The number of nitrogen functional groups attached to an aromatic ring is 1. The molecule has 0 bridgehead atoms. The summed E-state index contributed by atoms with van der Waals surface area (Å²) in [5.41, 5.74) is 6.97. The molecule has 0 unspecified atom stereocenters. The summed E-state index contributed by atoms with van der Waals surface area (Å²) in [5.74, 6) is 1.21. The van der Waals surface area contributed by atoms with E-state index in [-0.39, 0.29) is 37.2 Å². The molecule has 1 saturated carbocycles. The molecule has 0 atom stereocenters. The number of carbonyl (C=O) groups excluding carboxylic acids is 1. The number of amides is 2. The normalized spacial score (nSPS) is 23.0. The fourth-order valence-electron chi connectivity index (χ4n) is 4.08. The summed E-state index contributed by atoms with van der Waals surface area (Å²) in [7, 11) is 1.76. The Balaban J connectivity index is 1.28. The number of nitrogens with zero attached hydrogens (tertiary/aromatic N) is 7. The Kier molecular flexibility index (Phi) is 5.83. The average Bonchev–Trinajstić information content (AvgIpc) is 2.79. The highest BCUT2D eigenvalue weighted by atomic mass is 19.1. The fraction of sp³-hybridized carbons (Fsp3) is 0.571. The van der Waals surface area contributed by atoms with Crippen molar-refractivity contribution in [2.45, 2.75) is 31.2 Å². The fourth-order valence-corrected chi connectivity index (χ4v) is 4.08. The van der Waals surface area contributed by atoms with Crippen molar-refractivity contribution in [3.63, 3.8) is 0 Å². The number of hydrogen-bond donors (Lipinski definition) is 1. The molecule has 2 aromatic rings. The first-order valence-electron chi connectivity index (χ1n) is 11.1. The number of likely N-dealkylation sites (tertiary alicyclic amines) is 1. The van der Waals surface area contributed by atoms with Gasteiger partial charge in [0.25, 0.3) is 0 Å². The molecule has 0 aromatic carbocycles. The van der Waals surface area contributed by atoms with E-state index >= 15 is 0 Å². The minimum atomic E-state index is -0.904. The summed E-state index contributed by atoms with van der Waals surface area (Å²) in [6.07, 6.45) is 3.64. The van der Waals surface area contributed by atoms with Crippen molar-refractivity contribution in [1.82, 2.24) is 29.7 Å². The lowest BCUT2D eigenvalue weighted by Crippen LogP contribution is -2.59. The van der Waals surface area contributed by atoms with E-state index in [0.29, 0.717) is 62.2 Å². The molecule has 33 heavy (non-hydrogen) atoms. The zero-order valence-corrected chi connectivity index (χ0v) is 18.4. The van der Waals surface area contributed by atoms with Crippen LogP contribution in [0.1, 0.15) is 12.8 Å². The summed E-state index contributed by atoms with van der Waals surface area (Å²) in [6, 6.07) is 1.70. The summed E-state index contributed by atoms with van der Waals surface area (Å²) in [5, 5.41) is 0. The Hall–Kier alpha value is -3.28. The number of nitrogens with two attached hydrogens (primary N) is 1. The Bertz CT molecular complexity index is 992. The van der Waals surface area contributed by atoms with Crippen molar-refractivity contribution < 1.29 is 18.7 Å². The summed E-state index contributed by atoms with van der Waals surface area (Å²) in [4.78, 5) is 35.1. The van der Waals surface area contributed by atoms with Crippen LogP contribution in [0.25, 0.3) is 11.3 Å². The van der Waals surface area contributed by atoms with Crippen molar-refractivity contribution in [2.75, 3.05) is 57.1 Å². The molecule has 176 valence electrons. The van der Waals surface area contributed by atoms with Gasteiger partial charge in [-0.2, -0.15) is 4.98 Å². The summed E-state index contributed by atoms with van der Waals surface area (Å²) in [6.45, 7) is 2.96. The van der Waals surface area contributed by atoms with Crippen LogP contribution in [0.5, 0.6) is 5.88 Å². The molecular weight excluding hydrogens is 431 g/mol. The predicted molar refractivity (Wildman–Crippen MR) is 118 cm³/mol. The van der Waals surface area contributed by atoms with E-state index in [9.17, 15) is 9.18 Å². The van der Waals surface area contributed by atoms with Crippen molar-refractivity contribution >= 4 is 17.9 Å². The monoisotopic (exact) mass is 458 g/mol. The smallest absolute Gasteiger partial charge is 0.320 e. The van der Waals surface area contributed by atoms with E-state index in [4.69, 9.17) is 15.2 Å². The van der Waals surface area contributed by atoms with Crippen molar-refractivity contribution in [2.24, 2.45) is 0 Å². The van der Waals surface area contributed by atoms with Gasteiger partial charge in [-0.15, -0.1) is 0 Å². The maximum absolute atomic E-state index is 13.1. The van der Waals surface area contributed by atoms with Crippen molar-refractivity contribution in [3.05, 3.63) is 18.5 Å². The highest BCUT2D eigenvalue weighted by Crippen LogP contribution is 2.32. The zero-order chi connectivity index (χ0) is 22.9. The first kappa shape index (κ1) is 21.6. The second kappa shape index (κ2) is 8.93. The molecule has 0 radical (unpaired) electrons. The van der Waals surface area contributed by atoms with Gasteiger partial charge in [0.05, 0.1) is 32.0 Å². The highest BCUT2D eigenvalue weighted by molar-refractivity contribution is 5.75. The maximum Gasteiger partial charge on any atom is 0.320 e. The second-order valence-corrected chi connectivity index (χ2v) is 8.58. The van der Waals surface area contributed by atoms with Gasteiger partial charge < -0.3 is 29.9 Å². The van der Waals surface area contributed by atoms with Crippen LogP contribution >= 0.6 is 0 Å². The van der Waals surface area contributed by atoms with Gasteiger partial charge in [-0.3, -0.25) is 0 Å². The van der Waals surface area contributed by atoms with E-state index in [1.165, 1.54) is 4.90 Å². The van der Waals surface area contributed by atoms with Crippen LogP contribution in [0, 0.1) is 0 Å². The van der Waals surface area contributed by atoms with Gasteiger partial charge >= 0.3 is 6.03 Å². The topological polar surface area (TPSA) is 123 Å². The minimum Gasteiger partial charge on any atom is -0.474 e. The lowest BCUT2D eigenvalue weighted by Gasteiger charge is -2.44. The highest BCUT2D eigenvalue weighted by Gasteiger charge is 2.40. The maximum atomic E-state index is 13.1. The van der Waals surface area contributed by atoms with Gasteiger partial charge in [-0.1, -0.05) is 0 Å².